The van der Waals surface area contributed by atoms with E-state index >= 15 is 0 Å². The zero-order chi connectivity index (χ0) is 14.6. The van der Waals surface area contributed by atoms with E-state index in [0.717, 1.165) is 30.8 Å². The first kappa shape index (κ1) is 15.2. The Hall–Kier alpha value is -1.23. The summed E-state index contributed by atoms with van der Waals surface area (Å²) >= 11 is 0. The van der Waals surface area contributed by atoms with Crippen LogP contribution < -0.4 is 5.32 Å². The Balaban J connectivity index is 1.97. The highest BCUT2D eigenvalue weighted by Gasteiger charge is 2.28. The van der Waals surface area contributed by atoms with Crippen molar-refractivity contribution in [2.75, 3.05) is 32.0 Å². The van der Waals surface area contributed by atoms with Gasteiger partial charge in [0.05, 0.1) is 11.4 Å². The van der Waals surface area contributed by atoms with Crippen LogP contribution in [0.2, 0.25) is 0 Å². The molecule has 112 valence electrons. The number of aromatic nitrogens is 3. The summed E-state index contributed by atoms with van der Waals surface area (Å²) < 4.78 is 0. The quantitative estimate of drug-likeness (QED) is 0.893. The van der Waals surface area contributed by atoms with Crippen LogP contribution in [0.5, 0.6) is 0 Å². The molecule has 0 aliphatic carbocycles. The van der Waals surface area contributed by atoms with Crippen molar-refractivity contribution in [1.82, 2.24) is 20.1 Å². The van der Waals surface area contributed by atoms with E-state index < -0.39 is 0 Å². The predicted molar refractivity (Wildman–Crippen MR) is 81.9 cm³/mol. The molecule has 1 aromatic rings. The van der Waals surface area contributed by atoms with E-state index in [-0.39, 0.29) is 0 Å². The van der Waals surface area contributed by atoms with E-state index in [0.29, 0.717) is 11.4 Å². The fourth-order valence-corrected chi connectivity index (χ4v) is 2.64. The maximum absolute atomic E-state index is 4.60. The van der Waals surface area contributed by atoms with Gasteiger partial charge in [0.15, 0.2) is 0 Å². The zero-order valence-electron chi connectivity index (χ0n) is 13.2. The summed E-state index contributed by atoms with van der Waals surface area (Å²) in [7, 11) is 2.19. The first-order chi connectivity index (χ1) is 9.56. The molecule has 0 saturated carbocycles. The average molecular weight is 277 g/mol. The molecule has 2 heterocycles. The molecule has 0 spiro atoms. The third kappa shape index (κ3) is 3.66. The van der Waals surface area contributed by atoms with Gasteiger partial charge in [0.2, 0.25) is 5.95 Å². The Bertz CT molecular complexity index is 438. The molecule has 1 aliphatic rings. The molecular formula is C15H27N5. The van der Waals surface area contributed by atoms with Crippen LogP contribution in [0.3, 0.4) is 0 Å². The number of hydrogen-bond acceptors (Lipinski definition) is 5. The molecule has 1 fully saturated rings. The SMILES string of the molecule is CCc1nnc(NCC2(C)CCN(C)CC2)nc1CC. The van der Waals surface area contributed by atoms with Crippen LogP contribution in [0, 0.1) is 5.41 Å². The molecule has 1 N–H and O–H groups in total. The van der Waals surface area contributed by atoms with Crippen LogP contribution in [-0.2, 0) is 12.8 Å². The van der Waals surface area contributed by atoms with Gasteiger partial charge in [-0.2, -0.15) is 5.10 Å². The van der Waals surface area contributed by atoms with Gasteiger partial charge in [0, 0.05) is 6.54 Å². The molecule has 0 aromatic carbocycles. The number of nitrogens with one attached hydrogen (secondary N) is 1. The lowest BCUT2D eigenvalue weighted by molar-refractivity contribution is 0.150. The maximum Gasteiger partial charge on any atom is 0.242 e. The lowest BCUT2D eigenvalue weighted by Crippen LogP contribution is -2.40. The molecule has 0 atom stereocenters. The van der Waals surface area contributed by atoms with Gasteiger partial charge in [-0.3, -0.25) is 0 Å². The van der Waals surface area contributed by atoms with E-state index in [1.807, 2.05) is 0 Å². The number of anilines is 1. The molecule has 0 unspecified atom stereocenters. The summed E-state index contributed by atoms with van der Waals surface area (Å²) in [5.74, 6) is 0.680. The number of hydrogen-bond donors (Lipinski definition) is 1. The van der Waals surface area contributed by atoms with E-state index in [4.69, 9.17) is 0 Å². The van der Waals surface area contributed by atoms with Crippen molar-refractivity contribution in [3.05, 3.63) is 11.4 Å². The van der Waals surface area contributed by atoms with Crippen molar-refractivity contribution < 1.29 is 0 Å². The third-order valence-electron chi connectivity index (χ3n) is 4.38. The van der Waals surface area contributed by atoms with Crippen molar-refractivity contribution in [2.45, 2.75) is 46.5 Å². The average Bonchev–Trinajstić information content (AvgIpc) is 2.48. The molecule has 0 radical (unpaired) electrons. The second kappa shape index (κ2) is 6.48. The van der Waals surface area contributed by atoms with E-state index in [1.54, 1.807) is 0 Å². The number of likely N-dealkylation sites (tertiary alicyclic amines) is 1. The smallest absolute Gasteiger partial charge is 0.242 e. The topological polar surface area (TPSA) is 53.9 Å². The van der Waals surface area contributed by atoms with E-state index in [1.165, 1.54) is 25.9 Å². The number of rotatable bonds is 5. The fraction of sp³-hybridized carbons (Fsp3) is 0.800. The van der Waals surface area contributed by atoms with Gasteiger partial charge in [-0.25, -0.2) is 4.98 Å². The van der Waals surface area contributed by atoms with Gasteiger partial charge >= 0.3 is 0 Å². The van der Waals surface area contributed by atoms with Crippen molar-refractivity contribution in [2.24, 2.45) is 5.41 Å². The Morgan fingerprint density at radius 2 is 1.75 bits per heavy atom. The molecule has 1 saturated heterocycles. The van der Waals surface area contributed by atoms with Gasteiger partial charge in [-0.1, -0.05) is 20.8 Å². The number of aryl methyl sites for hydroxylation is 2. The molecule has 0 bridgehead atoms. The normalized spacial score (nSPS) is 19.0. The van der Waals surface area contributed by atoms with Crippen molar-refractivity contribution in [3.8, 4) is 0 Å². The van der Waals surface area contributed by atoms with Crippen LogP contribution in [-0.4, -0.2) is 46.8 Å². The molecule has 20 heavy (non-hydrogen) atoms. The summed E-state index contributed by atoms with van der Waals surface area (Å²) in [4.78, 5) is 6.99. The van der Waals surface area contributed by atoms with E-state index in [2.05, 4.69) is 53.2 Å². The van der Waals surface area contributed by atoms with Gasteiger partial charge in [0.25, 0.3) is 0 Å². The van der Waals surface area contributed by atoms with Gasteiger partial charge < -0.3 is 10.2 Å². The third-order valence-corrected chi connectivity index (χ3v) is 4.38. The first-order valence-corrected chi connectivity index (χ1v) is 7.71. The highest BCUT2D eigenvalue weighted by Crippen LogP contribution is 2.30. The Kier molecular flexibility index (Phi) is 4.91. The van der Waals surface area contributed by atoms with Crippen LogP contribution in [0.4, 0.5) is 5.95 Å². The van der Waals surface area contributed by atoms with Gasteiger partial charge in [0.1, 0.15) is 0 Å². The van der Waals surface area contributed by atoms with Crippen LogP contribution in [0.25, 0.3) is 0 Å². The predicted octanol–water partition coefficient (Wildman–Crippen LogP) is 2.14. The Morgan fingerprint density at radius 3 is 2.35 bits per heavy atom. The monoisotopic (exact) mass is 277 g/mol. The molecule has 5 nitrogen and oxygen atoms in total. The highest BCUT2D eigenvalue weighted by molar-refractivity contribution is 5.26. The minimum atomic E-state index is 0.339. The van der Waals surface area contributed by atoms with Crippen LogP contribution in [0.15, 0.2) is 0 Å². The fourth-order valence-electron chi connectivity index (χ4n) is 2.64. The summed E-state index contributed by atoms with van der Waals surface area (Å²) in [5, 5.41) is 11.9. The lowest BCUT2D eigenvalue weighted by Gasteiger charge is -2.37. The summed E-state index contributed by atoms with van der Waals surface area (Å²) in [6.07, 6.45) is 4.25. The molecule has 1 aliphatic heterocycles. The van der Waals surface area contributed by atoms with Crippen molar-refractivity contribution >= 4 is 5.95 Å². The zero-order valence-corrected chi connectivity index (χ0v) is 13.2. The van der Waals surface area contributed by atoms with Crippen molar-refractivity contribution in [3.63, 3.8) is 0 Å². The van der Waals surface area contributed by atoms with Crippen LogP contribution >= 0.6 is 0 Å². The van der Waals surface area contributed by atoms with Gasteiger partial charge in [-0.05, 0) is 51.2 Å². The summed E-state index contributed by atoms with van der Waals surface area (Å²) in [6, 6.07) is 0. The second-order valence-corrected chi connectivity index (χ2v) is 6.20. The van der Waals surface area contributed by atoms with Gasteiger partial charge in [-0.15, -0.1) is 5.10 Å². The second-order valence-electron chi connectivity index (χ2n) is 6.20. The summed E-state index contributed by atoms with van der Waals surface area (Å²) in [5.41, 5.74) is 2.42. The minimum absolute atomic E-state index is 0.339. The number of nitrogens with zero attached hydrogens (tertiary/aromatic N) is 4. The van der Waals surface area contributed by atoms with E-state index in [9.17, 15) is 0 Å². The summed E-state index contributed by atoms with van der Waals surface area (Å²) in [6.45, 7) is 9.83. The largest absolute Gasteiger partial charge is 0.352 e. The Labute approximate surface area is 122 Å². The highest BCUT2D eigenvalue weighted by atomic mass is 15.2. The van der Waals surface area contributed by atoms with Crippen molar-refractivity contribution in [1.29, 1.82) is 0 Å². The van der Waals surface area contributed by atoms with Crippen LogP contribution in [0.1, 0.15) is 45.0 Å². The molecule has 5 heteroatoms. The molecule has 0 amide bonds. The standard InChI is InChI=1S/C15H27N5/c1-5-12-13(6-2)18-19-14(17-12)16-11-15(3)7-9-20(4)10-8-15/h5-11H2,1-4H3,(H,16,17,19). The maximum atomic E-state index is 4.60. The molecule has 2 rings (SSSR count). The number of piperidine rings is 1. The molecule has 1 aromatic heterocycles. The minimum Gasteiger partial charge on any atom is -0.352 e. The first-order valence-electron chi connectivity index (χ1n) is 7.71. The molecular weight excluding hydrogens is 250 g/mol. The lowest BCUT2D eigenvalue weighted by atomic mass is 9.80. The Morgan fingerprint density at radius 1 is 1.10 bits per heavy atom.